The van der Waals surface area contributed by atoms with E-state index in [0.717, 1.165) is 51.9 Å². The summed E-state index contributed by atoms with van der Waals surface area (Å²) in [5.74, 6) is 0.0319. The maximum Gasteiger partial charge on any atom is 0.320 e. The lowest BCUT2D eigenvalue weighted by Gasteiger charge is -2.33. The Bertz CT molecular complexity index is 1470. The highest BCUT2D eigenvalue weighted by atomic mass is 35.5. The van der Waals surface area contributed by atoms with Crippen LogP contribution in [-0.4, -0.2) is 83.6 Å². The van der Waals surface area contributed by atoms with E-state index in [2.05, 4.69) is 30.4 Å². The molecule has 1 amide bonds. The Labute approximate surface area is 255 Å². The molecule has 1 saturated heterocycles. The number of nitrogens with one attached hydrogen (secondary N) is 2. The first-order valence-corrected chi connectivity index (χ1v) is 15.0. The van der Waals surface area contributed by atoms with Crippen LogP contribution in [0, 0.1) is 5.82 Å². The van der Waals surface area contributed by atoms with Crippen molar-refractivity contribution in [3.8, 4) is 5.75 Å². The molecule has 2 N–H and O–H groups in total. The van der Waals surface area contributed by atoms with E-state index in [9.17, 15) is 14.0 Å². The SMILES string of the molecule is CCOC(=O)CN1CCN(C/C=C/C(=O)Nc2cc3c(Nc4ccc(F)c(Cl)c4)ncnc3cc2OC2CCCC2)CC1. The summed E-state index contributed by atoms with van der Waals surface area (Å²) in [5.41, 5.74) is 1.71. The molecule has 0 radical (unpaired) electrons. The summed E-state index contributed by atoms with van der Waals surface area (Å²) >= 11 is 5.97. The number of benzene rings is 2. The van der Waals surface area contributed by atoms with Crippen LogP contribution in [-0.2, 0) is 14.3 Å². The molecule has 10 nitrogen and oxygen atoms in total. The van der Waals surface area contributed by atoms with Crippen LogP contribution in [0.5, 0.6) is 5.75 Å². The highest BCUT2D eigenvalue weighted by Crippen LogP contribution is 2.36. The second-order valence-corrected chi connectivity index (χ2v) is 11.0. The number of carbonyl (C=O) groups is 2. The van der Waals surface area contributed by atoms with Crippen molar-refractivity contribution in [3.63, 3.8) is 0 Å². The van der Waals surface area contributed by atoms with Gasteiger partial charge in [0.15, 0.2) is 0 Å². The molecule has 2 fully saturated rings. The van der Waals surface area contributed by atoms with Crippen molar-refractivity contribution < 1.29 is 23.5 Å². The number of carbonyl (C=O) groups excluding carboxylic acids is 2. The molecule has 0 spiro atoms. The van der Waals surface area contributed by atoms with E-state index in [4.69, 9.17) is 21.1 Å². The monoisotopic (exact) mass is 610 g/mol. The van der Waals surface area contributed by atoms with Crippen LogP contribution in [0.3, 0.4) is 0 Å². The molecule has 0 bridgehead atoms. The Morgan fingerprint density at radius 1 is 1.09 bits per heavy atom. The Morgan fingerprint density at radius 3 is 2.60 bits per heavy atom. The van der Waals surface area contributed by atoms with E-state index >= 15 is 0 Å². The van der Waals surface area contributed by atoms with Gasteiger partial charge in [0.1, 0.15) is 23.7 Å². The van der Waals surface area contributed by atoms with Crippen LogP contribution in [0.25, 0.3) is 10.9 Å². The summed E-state index contributed by atoms with van der Waals surface area (Å²) in [6, 6.07) is 7.94. The van der Waals surface area contributed by atoms with Gasteiger partial charge >= 0.3 is 5.97 Å². The summed E-state index contributed by atoms with van der Waals surface area (Å²) in [4.78, 5) is 37.9. The number of anilines is 3. The normalized spacial score (nSPS) is 16.5. The fraction of sp³-hybridized carbons (Fsp3) is 0.419. The van der Waals surface area contributed by atoms with Gasteiger partial charge in [0.2, 0.25) is 5.91 Å². The topological polar surface area (TPSA) is 109 Å². The smallest absolute Gasteiger partial charge is 0.320 e. The van der Waals surface area contributed by atoms with Crippen molar-refractivity contribution in [1.82, 2.24) is 19.8 Å². The highest BCUT2D eigenvalue weighted by Gasteiger charge is 2.21. The minimum Gasteiger partial charge on any atom is -0.488 e. The number of halogens is 2. The molecule has 3 aromatic rings. The molecule has 2 aliphatic rings. The molecule has 1 aliphatic carbocycles. The summed E-state index contributed by atoms with van der Waals surface area (Å²) in [6.45, 7) is 6.23. The van der Waals surface area contributed by atoms with E-state index < -0.39 is 5.82 Å². The van der Waals surface area contributed by atoms with Gasteiger partial charge in [0.05, 0.1) is 35.5 Å². The predicted octanol–water partition coefficient (Wildman–Crippen LogP) is 5.16. The third kappa shape index (κ3) is 8.40. The fourth-order valence-corrected chi connectivity index (χ4v) is 5.46. The number of hydrogen-bond donors (Lipinski definition) is 2. The Kier molecular flexibility index (Phi) is 10.4. The Hall–Kier alpha value is -3.80. The Morgan fingerprint density at radius 2 is 1.86 bits per heavy atom. The number of aromatic nitrogens is 2. The number of ether oxygens (including phenoxy) is 2. The lowest BCUT2D eigenvalue weighted by atomic mass is 10.1. The molecule has 1 aromatic heterocycles. The molecule has 12 heteroatoms. The van der Waals surface area contributed by atoms with Crippen molar-refractivity contribution in [1.29, 1.82) is 0 Å². The van der Waals surface area contributed by atoms with Crippen LogP contribution < -0.4 is 15.4 Å². The average molecular weight is 611 g/mol. The molecule has 2 aromatic carbocycles. The van der Waals surface area contributed by atoms with Gasteiger partial charge in [-0.1, -0.05) is 17.7 Å². The molecule has 2 heterocycles. The van der Waals surface area contributed by atoms with E-state index in [1.807, 2.05) is 12.1 Å². The molecule has 1 aliphatic heterocycles. The van der Waals surface area contributed by atoms with Crippen LogP contribution >= 0.6 is 11.6 Å². The minimum absolute atomic E-state index is 0.00564. The second kappa shape index (κ2) is 14.6. The van der Waals surface area contributed by atoms with Crippen molar-refractivity contribution in [3.05, 3.63) is 59.7 Å². The van der Waals surface area contributed by atoms with Gasteiger partial charge in [0.25, 0.3) is 0 Å². The summed E-state index contributed by atoms with van der Waals surface area (Å²) in [7, 11) is 0. The summed E-state index contributed by atoms with van der Waals surface area (Å²) in [5, 5.41) is 6.80. The van der Waals surface area contributed by atoms with Crippen molar-refractivity contribution >= 4 is 51.6 Å². The minimum atomic E-state index is -0.511. The number of nitrogens with zero attached hydrogens (tertiary/aromatic N) is 4. The van der Waals surface area contributed by atoms with Gasteiger partial charge in [-0.25, -0.2) is 14.4 Å². The molecular weight excluding hydrogens is 575 g/mol. The van der Waals surface area contributed by atoms with Crippen molar-refractivity contribution in [2.75, 3.05) is 56.5 Å². The van der Waals surface area contributed by atoms with Gasteiger partial charge in [-0.15, -0.1) is 0 Å². The number of amides is 1. The maximum absolute atomic E-state index is 13.7. The van der Waals surface area contributed by atoms with Gasteiger partial charge in [-0.3, -0.25) is 19.4 Å². The summed E-state index contributed by atoms with van der Waals surface area (Å²) < 4.78 is 25.1. The molecule has 0 atom stereocenters. The first-order chi connectivity index (χ1) is 20.9. The van der Waals surface area contributed by atoms with E-state index in [1.165, 1.54) is 24.5 Å². The van der Waals surface area contributed by atoms with E-state index in [-0.39, 0.29) is 23.0 Å². The third-order valence-electron chi connectivity index (χ3n) is 7.53. The first kappa shape index (κ1) is 30.7. The predicted molar refractivity (Wildman–Crippen MR) is 164 cm³/mol. The zero-order valence-electron chi connectivity index (χ0n) is 24.2. The largest absolute Gasteiger partial charge is 0.488 e. The third-order valence-corrected chi connectivity index (χ3v) is 7.82. The number of fused-ring (bicyclic) bond motifs is 1. The zero-order chi connectivity index (χ0) is 30.2. The number of piperazine rings is 1. The van der Waals surface area contributed by atoms with Gasteiger partial charge in [-0.2, -0.15) is 0 Å². The van der Waals surface area contributed by atoms with Crippen LogP contribution in [0.4, 0.5) is 21.6 Å². The summed E-state index contributed by atoms with van der Waals surface area (Å²) in [6.07, 6.45) is 9.01. The molecule has 1 saturated carbocycles. The first-order valence-electron chi connectivity index (χ1n) is 14.6. The standard InChI is InChI=1S/C31H36ClFN6O4/c1-2-42-30(41)19-39-14-12-38(13-15-39)11-5-8-29(40)37-27-17-23-26(18-28(27)43-22-6-3-4-7-22)34-20-35-31(23)36-21-9-10-25(33)24(32)16-21/h5,8-10,16-18,20,22H,2-4,6-7,11-15,19H2,1H3,(H,37,40)(H,34,35,36)/b8-5+. The molecule has 5 rings (SSSR count). The lowest BCUT2D eigenvalue weighted by molar-refractivity contribution is -0.144. The van der Waals surface area contributed by atoms with Gasteiger partial charge in [0, 0.05) is 55.9 Å². The molecular formula is C31H36ClFN6O4. The average Bonchev–Trinajstić information content (AvgIpc) is 3.50. The van der Waals surface area contributed by atoms with Gasteiger partial charge < -0.3 is 20.1 Å². The van der Waals surface area contributed by atoms with Crippen LogP contribution in [0.2, 0.25) is 5.02 Å². The number of hydrogen-bond acceptors (Lipinski definition) is 9. The molecule has 0 unspecified atom stereocenters. The van der Waals surface area contributed by atoms with Crippen LogP contribution in [0.1, 0.15) is 32.6 Å². The zero-order valence-corrected chi connectivity index (χ0v) is 24.9. The van der Waals surface area contributed by atoms with Crippen LogP contribution in [0.15, 0.2) is 48.8 Å². The quantitative estimate of drug-likeness (QED) is 0.225. The van der Waals surface area contributed by atoms with Crippen molar-refractivity contribution in [2.24, 2.45) is 0 Å². The van der Waals surface area contributed by atoms with Crippen molar-refractivity contribution in [2.45, 2.75) is 38.7 Å². The fourth-order valence-electron chi connectivity index (χ4n) is 5.28. The number of esters is 1. The van der Waals surface area contributed by atoms with Gasteiger partial charge in [-0.05, 0) is 56.9 Å². The number of rotatable bonds is 11. The lowest BCUT2D eigenvalue weighted by Crippen LogP contribution is -2.48. The second-order valence-electron chi connectivity index (χ2n) is 10.6. The molecule has 43 heavy (non-hydrogen) atoms. The maximum atomic E-state index is 13.7. The highest BCUT2D eigenvalue weighted by molar-refractivity contribution is 6.31. The van der Waals surface area contributed by atoms with E-state index in [0.29, 0.717) is 53.5 Å². The van der Waals surface area contributed by atoms with E-state index in [1.54, 1.807) is 19.1 Å². The Balaban J connectivity index is 1.27. The molecule has 228 valence electrons.